The van der Waals surface area contributed by atoms with Gasteiger partial charge in [-0.15, -0.1) is 0 Å². The number of likely N-dealkylation sites (tertiary alicyclic amines) is 1. The van der Waals surface area contributed by atoms with E-state index in [9.17, 15) is 23.7 Å². The molecule has 1 aliphatic heterocycles. The van der Waals surface area contributed by atoms with Crippen molar-refractivity contribution in [3.8, 4) is 5.75 Å². The normalized spacial score (nSPS) is 15.7. The third kappa shape index (κ3) is 3.44. The molecule has 1 aliphatic rings. The predicted molar refractivity (Wildman–Crippen MR) is 80.9 cm³/mol. The van der Waals surface area contributed by atoms with Gasteiger partial charge in [-0.2, -0.15) is 13.9 Å². The van der Waals surface area contributed by atoms with Gasteiger partial charge in [0.1, 0.15) is 0 Å². The van der Waals surface area contributed by atoms with Gasteiger partial charge in [0.2, 0.25) is 5.75 Å². The quantitative estimate of drug-likeness (QED) is 0.666. The van der Waals surface area contributed by atoms with Crippen LogP contribution in [-0.2, 0) is 0 Å². The van der Waals surface area contributed by atoms with E-state index in [1.807, 2.05) is 0 Å². The molecule has 1 N–H and O–H groups in total. The van der Waals surface area contributed by atoms with Crippen molar-refractivity contribution in [3.05, 3.63) is 28.4 Å². The van der Waals surface area contributed by atoms with Gasteiger partial charge in [0.05, 0.1) is 16.5 Å². The Morgan fingerprint density at radius 3 is 2.64 bits per heavy atom. The van der Waals surface area contributed by atoms with Crippen LogP contribution in [0, 0.1) is 10.1 Å². The van der Waals surface area contributed by atoms with Crippen molar-refractivity contribution < 1.29 is 28.3 Å². The van der Waals surface area contributed by atoms with Crippen molar-refractivity contribution in [3.63, 3.8) is 0 Å². The number of ether oxygens (including phenoxy) is 1. The molecule has 11 heteroatoms. The Balaban J connectivity index is 1.89. The van der Waals surface area contributed by atoms with E-state index in [1.165, 1.54) is 4.90 Å². The summed E-state index contributed by atoms with van der Waals surface area (Å²) in [6.07, 6.45) is 1.70. The van der Waals surface area contributed by atoms with Crippen molar-refractivity contribution in [2.24, 2.45) is 0 Å². The highest BCUT2D eigenvalue weighted by Gasteiger charge is 2.26. The maximum atomic E-state index is 12.4. The third-order valence-corrected chi connectivity index (χ3v) is 4.12. The van der Waals surface area contributed by atoms with Crippen molar-refractivity contribution >= 4 is 22.7 Å². The number of benzene rings is 1. The molecule has 0 bridgehead atoms. The van der Waals surface area contributed by atoms with E-state index in [-0.39, 0.29) is 6.04 Å². The number of nitrogens with zero attached hydrogens (tertiary/aromatic N) is 4. The van der Waals surface area contributed by atoms with E-state index in [1.54, 1.807) is 10.9 Å². The van der Waals surface area contributed by atoms with Crippen LogP contribution in [0.1, 0.15) is 18.9 Å². The first-order chi connectivity index (χ1) is 11.8. The lowest BCUT2D eigenvalue weighted by Gasteiger charge is -2.29. The van der Waals surface area contributed by atoms with Gasteiger partial charge < -0.3 is 14.7 Å². The highest BCUT2D eigenvalue weighted by atomic mass is 19.3. The number of hydrogen-bond acceptors (Lipinski definition) is 5. The number of nitro groups is 1. The summed E-state index contributed by atoms with van der Waals surface area (Å²) in [5.74, 6) is -0.543. The molecule has 0 unspecified atom stereocenters. The average molecular weight is 356 g/mol. The molecule has 1 amide bonds. The summed E-state index contributed by atoms with van der Waals surface area (Å²) < 4.78 is 30.7. The summed E-state index contributed by atoms with van der Waals surface area (Å²) in [5, 5.41) is 24.7. The molecule has 0 atom stereocenters. The molecule has 2 aromatic rings. The zero-order valence-corrected chi connectivity index (χ0v) is 12.8. The van der Waals surface area contributed by atoms with Crippen molar-refractivity contribution in [2.75, 3.05) is 13.1 Å². The monoisotopic (exact) mass is 356 g/mol. The minimum atomic E-state index is -3.18. The number of nitro benzene ring substituents is 1. The van der Waals surface area contributed by atoms with Gasteiger partial charge >= 0.3 is 18.4 Å². The van der Waals surface area contributed by atoms with E-state index < -0.39 is 29.1 Å². The molecule has 2 heterocycles. The number of carbonyl (C=O) groups is 1. The Kier molecular flexibility index (Phi) is 4.38. The standard InChI is InChI=1S/C14H14F2N4O5/c15-13(16)25-12-6-10-8(5-11(12)20(23)24)7-19(17-10)9-1-3-18(4-2-9)14(21)22/h5-7,9,13H,1-4H2,(H,21,22). The number of piperidine rings is 1. The second kappa shape index (κ2) is 6.49. The number of fused-ring (bicyclic) bond motifs is 1. The van der Waals surface area contributed by atoms with Crippen LogP contribution in [0.15, 0.2) is 18.3 Å². The van der Waals surface area contributed by atoms with Crippen LogP contribution in [0.3, 0.4) is 0 Å². The lowest BCUT2D eigenvalue weighted by atomic mass is 10.1. The molecule has 1 aromatic carbocycles. The lowest BCUT2D eigenvalue weighted by Crippen LogP contribution is -2.38. The fourth-order valence-electron chi connectivity index (χ4n) is 2.90. The topological polar surface area (TPSA) is 111 Å². The second-order valence-corrected chi connectivity index (χ2v) is 5.62. The van der Waals surface area contributed by atoms with Gasteiger partial charge in [-0.25, -0.2) is 4.79 Å². The van der Waals surface area contributed by atoms with Crippen molar-refractivity contribution in [2.45, 2.75) is 25.5 Å². The van der Waals surface area contributed by atoms with Gasteiger partial charge in [0.25, 0.3) is 0 Å². The van der Waals surface area contributed by atoms with Crippen LogP contribution in [-0.4, -0.2) is 50.5 Å². The molecular weight excluding hydrogens is 342 g/mol. The number of carboxylic acid groups (broad SMARTS) is 1. The summed E-state index contributed by atoms with van der Waals surface area (Å²) >= 11 is 0. The van der Waals surface area contributed by atoms with E-state index >= 15 is 0 Å². The summed E-state index contributed by atoms with van der Waals surface area (Å²) in [5.41, 5.74) is -0.269. The number of amides is 1. The summed E-state index contributed by atoms with van der Waals surface area (Å²) in [6, 6.07) is 2.19. The van der Waals surface area contributed by atoms with Crippen LogP contribution in [0.25, 0.3) is 10.9 Å². The Morgan fingerprint density at radius 1 is 1.40 bits per heavy atom. The van der Waals surface area contributed by atoms with E-state index in [4.69, 9.17) is 5.11 Å². The first kappa shape index (κ1) is 16.9. The molecule has 25 heavy (non-hydrogen) atoms. The molecule has 134 valence electrons. The first-order valence-electron chi connectivity index (χ1n) is 7.45. The minimum Gasteiger partial charge on any atom is -0.465 e. The fourth-order valence-corrected chi connectivity index (χ4v) is 2.90. The Bertz CT molecular complexity index is 817. The summed E-state index contributed by atoms with van der Waals surface area (Å²) in [6.45, 7) is -2.47. The Labute approximate surface area is 139 Å². The van der Waals surface area contributed by atoms with Gasteiger partial charge in [0.15, 0.2) is 0 Å². The van der Waals surface area contributed by atoms with Crippen LogP contribution < -0.4 is 4.74 Å². The number of halogens is 2. The van der Waals surface area contributed by atoms with Crippen molar-refractivity contribution in [1.29, 1.82) is 0 Å². The van der Waals surface area contributed by atoms with Crippen LogP contribution in [0.2, 0.25) is 0 Å². The number of rotatable bonds is 4. The highest BCUT2D eigenvalue weighted by molar-refractivity contribution is 5.83. The van der Waals surface area contributed by atoms with Crippen LogP contribution in [0.5, 0.6) is 5.75 Å². The summed E-state index contributed by atoms with van der Waals surface area (Å²) in [4.78, 5) is 22.5. The number of hydrogen-bond donors (Lipinski definition) is 1. The predicted octanol–water partition coefficient (Wildman–Crippen LogP) is 2.86. The smallest absolute Gasteiger partial charge is 0.407 e. The van der Waals surface area contributed by atoms with Gasteiger partial charge in [-0.05, 0) is 12.8 Å². The zero-order chi connectivity index (χ0) is 18.1. The molecule has 0 saturated carbocycles. The molecule has 0 radical (unpaired) electrons. The van der Waals surface area contributed by atoms with Gasteiger partial charge in [0, 0.05) is 36.8 Å². The maximum Gasteiger partial charge on any atom is 0.407 e. The van der Waals surface area contributed by atoms with E-state index in [2.05, 4.69) is 9.84 Å². The third-order valence-electron chi connectivity index (χ3n) is 4.12. The van der Waals surface area contributed by atoms with Crippen LogP contribution in [0.4, 0.5) is 19.3 Å². The van der Waals surface area contributed by atoms with Gasteiger partial charge in [-0.1, -0.05) is 0 Å². The highest BCUT2D eigenvalue weighted by Crippen LogP contribution is 2.34. The molecule has 9 nitrogen and oxygen atoms in total. The summed E-state index contributed by atoms with van der Waals surface area (Å²) in [7, 11) is 0. The maximum absolute atomic E-state index is 12.4. The zero-order valence-electron chi connectivity index (χ0n) is 12.8. The molecule has 3 rings (SSSR count). The van der Waals surface area contributed by atoms with Gasteiger partial charge in [-0.3, -0.25) is 14.8 Å². The van der Waals surface area contributed by atoms with Crippen LogP contribution >= 0.6 is 0 Å². The molecule has 0 aliphatic carbocycles. The molecular formula is C14H14F2N4O5. The molecule has 1 saturated heterocycles. The number of alkyl halides is 2. The molecule has 1 aromatic heterocycles. The Morgan fingerprint density at radius 2 is 2.08 bits per heavy atom. The fraction of sp³-hybridized carbons (Fsp3) is 0.429. The molecule has 1 fully saturated rings. The van der Waals surface area contributed by atoms with Crippen molar-refractivity contribution in [1.82, 2.24) is 14.7 Å². The molecule has 0 spiro atoms. The minimum absolute atomic E-state index is 0.0680. The van der Waals surface area contributed by atoms with E-state index in [0.717, 1.165) is 12.1 Å². The average Bonchev–Trinajstić information content (AvgIpc) is 2.96. The SMILES string of the molecule is O=C(O)N1CCC(n2cc3cc([N+](=O)[O-])c(OC(F)F)cc3n2)CC1. The second-order valence-electron chi connectivity index (χ2n) is 5.62. The largest absolute Gasteiger partial charge is 0.465 e. The first-order valence-corrected chi connectivity index (χ1v) is 7.45. The Hall–Kier alpha value is -2.98. The lowest BCUT2D eigenvalue weighted by molar-refractivity contribution is -0.386. The van der Waals surface area contributed by atoms with E-state index in [0.29, 0.717) is 36.8 Å². The number of aromatic nitrogens is 2.